The molecular weight excluding hydrogens is 208 g/mol. The summed E-state index contributed by atoms with van der Waals surface area (Å²) in [5, 5.41) is 0. The fraction of sp³-hybridized carbons (Fsp3) is 0.562. The van der Waals surface area contributed by atoms with E-state index in [-0.39, 0.29) is 5.92 Å². The summed E-state index contributed by atoms with van der Waals surface area (Å²) in [6.45, 7) is 2.23. The van der Waals surface area contributed by atoms with E-state index in [1.165, 1.54) is 32.1 Å². The van der Waals surface area contributed by atoms with Crippen LogP contribution < -0.4 is 0 Å². The third-order valence-corrected chi connectivity index (χ3v) is 3.19. The van der Waals surface area contributed by atoms with E-state index in [1.807, 2.05) is 30.3 Å². The molecule has 0 saturated heterocycles. The quantitative estimate of drug-likeness (QED) is 0.566. The minimum Gasteiger partial charge on any atom is -0.290 e. The fourth-order valence-electron chi connectivity index (χ4n) is 2.11. The minimum absolute atomic E-state index is 0.0256. The lowest BCUT2D eigenvalue weighted by Crippen LogP contribution is -1.99. The molecule has 1 atom stereocenters. The number of benzene rings is 1. The maximum Gasteiger partial charge on any atom is 0.206 e. The molecular formula is C16H23O. The van der Waals surface area contributed by atoms with Crippen LogP contribution in [0.3, 0.4) is 0 Å². The van der Waals surface area contributed by atoms with E-state index in [0.29, 0.717) is 0 Å². The SMILES string of the molecule is CCCCCCCCC([C]=O)c1ccccc1. The molecule has 0 aromatic heterocycles. The maximum atomic E-state index is 10.9. The van der Waals surface area contributed by atoms with Gasteiger partial charge < -0.3 is 0 Å². The molecule has 1 nitrogen and oxygen atoms in total. The average molecular weight is 231 g/mol. The maximum absolute atomic E-state index is 10.9. The molecule has 1 aromatic rings. The molecule has 0 aliphatic heterocycles. The lowest BCUT2D eigenvalue weighted by molar-refractivity contribution is 0.524. The zero-order valence-electron chi connectivity index (χ0n) is 10.8. The van der Waals surface area contributed by atoms with Crippen LogP contribution in [0.1, 0.15) is 63.4 Å². The van der Waals surface area contributed by atoms with Gasteiger partial charge in [-0.05, 0) is 12.0 Å². The fourth-order valence-corrected chi connectivity index (χ4v) is 2.11. The summed E-state index contributed by atoms with van der Waals surface area (Å²) in [6.07, 6.45) is 10.7. The molecule has 0 heterocycles. The molecule has 1 radical (unpaired) electrons. The van der Waals surface area contributed by atoms with E-state index in [0.717, 1.165) is 18.4 Å². The van der Waals surface area contributed by atoms with Crippen molar-refractivity contribution in [2.45, 2.75) is 57.8 Å². The first-order valence-corrected chi connectivity index (χ1v) is 6.81. The Bertz CT molecular complexity index is 292. The molecule has 0 bridgehead atoms. The molecule has 1 rings (SSSR count). The van der Waals surface area contributed by atoms with Crippen LogP contribution in [0.4, 0.5) is 0 Å². The Morgan fingerprint density at radius 2 is 1.65 bits per heavy atom. The molecule has 0 aliphatic rings. The van der Waals surface area contributed by atoms with Crippen molar-refractivity contribution >= 4 is 6.29 Å². The van der Waals surface area contributed by atoms with E-state index in [2.05, 4.69) is 13.2 Å². The number of hydrogen-bond donors (Lipinski definition) is 0. The first kappa shape index (κ1) is 14.0. The Hall–Kier alpha value is -1.11. The van der Waals surface area contributed by atoms with Gasteiger partial charge in [0.05, 0.1) is 5.92 Å². The summed E-state index contributed by atoms with van der Waals surface area (Å²) >= 11 is 0. The zero-order chi connectivity index (χ0) is 12.3. The van der Waals surface area contributed by atoms with Crippen molar-refractivity contribution in [1.82, 2.24) is 0 Å². The van der Waals surface area contributed by atoms with Crippen LogP contribution >= 0.6 is 0 Å². The Kier molecular flexibility index (Phi) is 7.37. The van der Waals surface area contributed by atoms with Crippen LogP contribution in [0.2, 0.25) is 0 Å². The van der Waals surface area contributed by atoms with Crippen LogP contribution in [0.25, 0.3) is 0 Å². The molecule has 1 heteroatoms. The molecule has 93 valence electrons. The second kappa shape index (κ2) is 8.98. The monoisotopic (exact) mass is 231 g/mol. The third-order valence-electron chi connectivity index (χ3n) is 3.19. The van der Waals surface area contributed by atoms with Crippen LogP contribution in [-0.2, 0) is 4.79 Å². The van der Waals surface area contributed by atoms with Gasteiger partial charge in [-0.1, -0.05) is 75.8 Å². The van der Waals surface area contributed by atoms with Crippen molar-refractivity contribution in [3.05, 3.63) is 35.9 Å². The molecule has 0 aliphatic carbocycles. The summed E-state index contributed by atoms with van der Waals surface area (Å²) in [6, 6.07) is 10.00. The van der Waals surface area contributed by atoms with E-state index in [4.69, 9.17) is 0 Å². The van der Waals surface area contributed by atoms with Crippen molar-refractivity contribution < 1.29 is 4.79 Å². The molecule has 17 heavy (non-hydrogen) atoms. The average Bonchev–Trinajstić information content (AvgIpc) is 2.39. The van der Waals surface area contributed by atoms with Crippen molar-refractivity contribution in [2.24, 2.45) is 0 Å². The van der Waals surface area contributed by atoms with Crippen LogP contribution in [-0.4, -0.2) is 6.29 Å². The summed E-state index contributed by atoms with van der Waals surface area (Å²) < 4.78 is 0. The topological polar surface area (TPSA) is 17.1 Å². The third kappa shape index (κ3) is 5.67. The highest BCUT2D eigenvalue weighted by atomic mass is 16.1. The van der Waals surface area contributed by atoms with E-state index < -0.39 is 0 Å². The lowest BCUT2D eigenvalue weighted by atomic mass is 9.94. The predicted octanol–water partition coefficient (Wildman–Crippen LogP) is 4.63. The molecule has 0 spiro atoms. The second-order valence-corrected chi connectivity index (χ2v) is 4.64. The number of hydrogen-bond acceptors (Lipinski definition) is 1. The Labute approximate surface area is 105 Å². The summed E-state index contributed by atoms with van der Waals surface area (Å²) in [5.41, 5.74) is 1.11. The summed E-state index contributed by atoms with van der Waals surface area (Å²) in [5.74, 6) is -0.0256. The van der Waals surface area contributed by atoms with Crippen LogP contribution in [0.5, 0.6) is 0 Å². The first-order chi connectivity index (χ1) is 8.38. The Balaban J connectivity index is 2.22. The number of carbonyl (C=O) groups excluding carboxylic acids is 1. The minimum atomic E-state index is -0.0256. The van der Waals surface area contributed by atoms with Gasteiger partial charge >= 0.3 is 0 Å². The van der Waals surface area contributed by atoms with Crippen LogP contribution in [0, 0.1) is 0 Å². The Morgan fingerprint density at radius 1 is 1.00 bits per heavy atom. The van der Waals surface area contributed by atoms with E-state index >= 15 is 0 Å². The van der Waals surface area contributed by atoms with Gasteiger partial charge in [-0.25, -0.2) is 0 Å². The predicted molar refractivity (Wildman–Crippen MR) is 72.9 cm³/mol. The van der Waals surface area contributed by atoms with Gasteiger partial charge in [-0.2, -0.15) is 0 Å². The molecule has 0 amide bonds. The smallest absolute Gasteiger partial charge is 0.206 e. The molecule has 0 N–H and O–H groups in total. The highest BCUT2D eigenvalue weighted by Gasteiger charge is 2.09. The normalized spacial score (nSPS) is 12.3. The van der Waals surface area contributed by atoms with Crippen molar-refractivity contribution in [3.8, 4) is 0 Å². The van der Waals surface area contributed by atoms with Gasteiger partial charge in [0.2, 0.25) is 6.29 Å². The van der Waals surface area contributed by atoms with Gasteiger partial charge in [0, 0.05) is 0 Å². The van der Waals surface area contributed by atoms with Crippen molar-refractivity contribution in [1.29, 1.82) is 0 Å². The highest BCUT2D eigenvalue weighted by Crippen LogP contribution is 2.20. The van der Waals surface area contributed by atoms with Gasteiger partial charge in [0.15, 0.2) is 0 Å². The lowest BCUT2D eigenvalue weighted by Gasteiger charge is -2.09. The first-order valence-electron chi connectivity index (χ1n) is 6.81. The molecule has 1 aromatic carbocycles. The largest absolute Gasteiger partial charge is 0.290 e. The second-order valence-electron chi connectivity index (χ2n) is 4.64. The van der Waals surface area contributed by atoms with Gasteiger partial charge in [0.25, 0.3) is 0 Å². The zero-order valence-corrected chi connectivity index (χ0v) is 10.8. The standard InChI is InChI=1S/C16H23O/c1-2-3-4-5-6-8-13-16(14-17)15-11-9-7-10-12-15/h7,9-12,16H,2-6,8,13H2,1H3. The van der Waals surface area contributed by atoms with Gasteiger partial charge in [0.1, 0.15) is 0 Å². The Morgan fingerprint density at radius 3 is 2.29 bits per heavy atom. The van der Waals surface area contributed by atoms with Crippen molar-refractivity contribution in [2.75, 3.05) is 0 Å². The summed E-state index contributed by atoms with van der Waals surface area (Å²) in [4.78, 5) is 10.9. The molecule has 1 unspecified atom stereocenters. The summed E-state index contributed by atoms with van der Waals surface area (Å²) in [7, 11) is 0. The highest BCUT2D eigenvalue weighted by molar-refractivity contribution is 5.62. The van der Waals surface area contributed by atoms with Crippen molar-refractivity contribution in [3.63, 3.8) is 0 Å². The van der Waals surface area contributed by atoms with Gasteiger partial charge in [-0.15, -0.1) is 0 Å². The molecule has 0 fully saturated rings. The number of unbranched alkanes of at least 4 members (excludes halogenated alkanes) is 5. The van der Waals surface area contributed by atoms with E-state index in [1.54, 1.807) is 0 Å². The van der Waals surface area contributed by atoms with Crippen LogP contribution in [0.15, 0.2) is 30.3 Å². The van der Waals surface area contributed by atoms with Gasteiger partial charge in [-0.3, -0.25) is 4.79 Å². The molecule has 0 saturated carbocycles. The number of rotatable bonds is 9. The van der Waals surface area contributed by atoms with E-state index in [9.17, 15) is 4.79 Å².